The van der Waals surface area contributed by atoms with Gasteiger partial charge in [0, 0.05) is 0 Å². The van der Waals surface area contributed by atoms with Crippen molar-refractivity contribution < 1.29 is 0 Å². The van der Waals surface area contributed by atoms with Gasteiger partial charge >= 0.3 is 165 Å². The molecule has 0 aliphatic carbocycles. The second kappa shape index (κ2) is 4.74. The molecule has 25 heavy (non-hydrogen) atoms. The minimum atomic E-state index is 0.447. The standard InChI is InChI=1S/C20H8S4Se/c1-3-7-11-9(5-1)13-15(21-11)19-17(23-13)18-20(25-19)16-14(24-18)10-6-2-4-8-12(10)22-16/h1-8H. The molecule has 0 nitrogen and oxygen atoms in total. The summed E-state index contributed by atoms with van der Waals surface area (Å²) in [6.07, 6.45) is 0. The minimum absolute atomic E-state index is 0.447. The number of thiophene rings is 4. The Labute approximate surface area is 164 Å². The van der Waals surface area contributed by atoms with E-state index in [2.05, 4.69) is 48.5 Å². The first-order valence-corrected chi connectivity index (χ1v) is 12.9. The molecule has 0 amide bonds. The van der Waals surface area contributed by atoms with Gasteiger partial charge in [-0.25, -0.2) is 0 Å². The molecule has 5 heterocycles. The van der Waals surface area contributed by atoms with Gasteiger partial charge in [-0.05, 0) is 0 Å². The molecule has 0 fully saturated rings. The maximum atomic E-state index is 2.29. The van der Waals surface area contributed by atoms with Crippen molar-refractivity contribution in [3.8, 4) is 0 Å². The second-order valence-electron chi connectivity index (χ2n) is 6.14. The van der Waals surface area contributed by atoms with Crippen LogP contribution in [0.1, 0.15) is 0 Å². The number of rotatable bonds is 0. The Balaban J connectivity index is 1.70. The Morgan fingerprint density at radius 3 is 1.44 bits per heavy atom. The molecule has 0 N–H and O–H groups in total. The summed E-state index contributed by atoms with van der Waals surface area (Å²) >= 11 is 8.49. The molecule has 0 aliphatic rings. The zero-order valence-electron chi connectivity index (χ0n) is 12.7. The zero-order chi connectivity index (χ0) is 16.1. The van der Waals surface area contributed by atoms with Crippen molar-refractivity contribution >= 4 is 117 Å². The van der Waals surface area contributed by atoms with Gasteiger partial charge < -0.3 is 0 Å². The van der Waals surface area contributed by atoms with E-state index >= 15 is 0 Å². The normalized spacial score (nSPS) is 12.8. The van der Waals surface area contributed by atoms with Gasteiger partial charge in [0.1, 0.15) is 0 Å². The fourth-order valence-corrected chi connectivity index (χ4v) is 13.4. The average Bonchev–Trinajstić information content (AvgIpc) is 3.38. The van der Waals surface area contributed by atoms with E-state index in [-0.39, 0.29) is 0 Å². The summed E-state index contributed by atoms with van der Waals surface area (Å²) in [6.45, 7) is 0. The van der Waals surface area contributed by atoms with E-state index in [9.17, 15) is 0 Å². The van der Waals surface area contributed by atoms with Crippen molar-refractivity contribution in [1.82, 2.24) is 0 Å². The molecule has 0 saturated carbocycles. The quantitative estimate of drug-likeness (QED) is 0.204. The van der Waals surface area contributed by atoms with Crippen LogP contribution >= 0.6 is 45.3 Å². The molecule has 0 atom stereocenters. The summed E-state index contributed by atoms with van der Waals surface area (Å²) in [5.41, 5.74) is 0. The topological polar surface area (TPSA) is 0 Å². The molecular formula is C20H8S4Se. The Morgan fingerprint density at radius 1 is 0.480 bits per heavy atom. The van der Waals surface area contributed by atoms with Crippen LogP contribution in [0.3, 0.4) is 0 Å². The SMILES string of the molecule is c1ccc2c(c1)sc1c2sc2c3sc4c5ccccc5sc4c3[se]c12. The molecule has 7 aromatic rings. The van der Waals surface area contributed by atoms with Crippen LogP contribution in [0, 0.1) is 0 Å². The molecule has 0 unspecified atom stereocenters. The van der Waals surface area contributed by atoms with Crippen molar-refractivity contribution in [2.24, 2.45) is 0 Å². The van der Waals surface area contributed by atoms with Crippen molar-refractivity contribution in [3.63, 3.8) is 0 Å². The molecule has 7 rings (SSSR count). The van der Waals surface area contributed by atoms with Gasteiger partial charge in [0.2, 0.25) is 0 Å². The third-order valence-electron chi connectivity index (χ3n) is 4.74. The first-order chi connectivity index (χ1) is 12.4. The van der Waals surface area contributed by atoms with Crippen LogP contribution in [0.2, 0.25) is 0 Å². The molecular weight excluding hydrogens is 447 g/mol. The van der Waals surface area contributed by atoms with Crippen molar-refractivity contribution in [2.45, 2.75) is 0 Å². The van der Waals surface area contributed by atoms with Crippen LogP contribution in [0.4, 0.5) is 0 Å². The van der Waals surface area contributed by atoms with Crippen LogP contribution in [0.25, 0.3) is 56.9 Å². The molecule has 118 valence electrons. The monoisotopic (exact) mass is 456 g/mol. The van der Waals surface area contributed by atoms with E-state index in [4.69, 9.17) is 0 Å². The average molecular weight is 456 g/mol. The molecule has 5 heteroatoms. The predicted molar refractivity (Wildman–Crippen MR) is 120 cm³/mol. The Hall–Kier alpha value is -1.20. The van der Waals surface area contributed by atoms with Gasteiger partial charge in [-0.3, -0.25) is 0 Å². The third-order valence-corrected chi connectivity index (χ3v) is 13.7. The molecule has 5 aromatic heterocycles. The van der Waals surface area contributed by atoms with E-state index in [0.717, 1.165) is 0 Å². The van der Waals surface area contributed by atoms with Gasteiger partial charge in [-0.2, -0.15) is 0 Å². The molecule has 0 spiro atoms. The predicted octanol–water partition coefficient (Wildman–Crippen LogP) is 7.91. The fourth-order valence-electron chi connectivity index (χ4n) is 3.63. The number of hydrogen-bond acceptors (Lipinski definition) is 4. The van der Waals surface area contributed by atoms with Crippen LogP contribution in [-0.2, 0) is 0 Å². The van der Waals surface area contributed by atoms with Gasteiger partial charge in [0.15, 0.2) is 0 Å². The first-order valence-electron chi connectivity index (χ1n) is 7.95. The zero-order valence-corrected chi connectivity index (χ0v) is 17.6. The van der Waals surface area contributed by atoms with Crippen molar-refractivity contribution in [3.05, 3.63) is 48.5 Å². The Kier molecular flexibility index (Phi) is 2.64. The van der Waals surface area contributed by atoms with Crippen molar-refractivity contribution in [2.75, 3.05) is 0 Å². The fraction of sp³-hybridized carbons (Fsp3) is 0. The Bertz CT molecular complexity index is 1480. The van der Waals surface area contributed by atoms with Crippen LogP contribution in [0.15, 0.2) is 48.5 Å². The van der Waals surface area contributed by atoms with Gasteiger partial charge in [-0.1, -0.05) is 0 Å². The van der Waals surface area contributed by atoms with E-state index in [0.29, 0.717) is 14.5 Å². The molecule has 2 aromatic carbocycles. The van der Waals surface area contributed by atoms with E-state index in [1.165, 1.54) is 29.6 Å². The summed E-state index contributed by atoms with van der Waals surface area (Å²) in [5.74, 6) is 0. The molecule has 0 bridgehead atoms. The number of fused-ring (bicyclic) bond motifs is 11. The summed E-state index contributed by atoms with van der Waals surface area (Å²) in [6, 6.07) is 17.8. The summed E-state index contributed by atoms with van der Waals surface area (Å²) in [7, 11) is 0. The molecule has 0 radical (unpaired) electrons. The molecule has 0 aliphatic heterocycles. The number of benzene rings is 2. The summed E-state index contributed by atoms with van der Waals surface area (Å²) in [5, 5.41) is 2.89. The second-order valence-corrected chi connectivity index (χ2v) is 12.4. The number of hydrogen-bond donors (Lipinski definition) is 0. The maximum absolute atomic E-state index is 2.29. The van der Waals surface area contributed by atoms with Crippen molar-refractivity contribution in [1.29, 1.82) is 0 Å². The van der Waals surface area contributed by atoms with E-state index in [1.807, 2.05) is 45.3 Å². The van der Waals surface area contributed by atoms with Crippen LogP contribution < -0.4 is 0 Å². The van der Waals surface area contributed by atoms with Gasteiger partial charge in [0.25, 0.3) is 0 Å². The Morgan fingerprint density at radius 2 is 0.920 bits per heavy atom. The summed E-state index contributed by atoms with van der Waals surface area (Å²) in [4.78, 5) is 0. The van der Waals surface area contributed by atoms with Crippen LogP contribution in [0.5, 0.6) is 0 Å². The summed E-state index contributed by atoms with van der Waals surface area (Å²) < 4.78 is 15.4. The van der Waals surface area contributed by atoms with Gasteiger partial charge in [0.05, 0.1) is 0 Å². The van der Waals surface area contributed by atoms with Crippen LogP contribution in [-0.4, -0.2) is 14.5 Å². The molecule has 0 saturated heterocycles. The van der Waals surface area contributed by atoms with E-state index in [1.54, 1.807) is 27.3 Å². The van der Waals surface area contributed by atoms with E-state index < -0.39 is 0 Å². The third kappa shape index (κ3) is 1.67. The van der Waals surface area contributed by atoms with Gasteiger partial charge in [-0.15, -0.1) is 0 Å². The first kappa shape index (κ1) is 13.9.